The molecular weight excluding hydrogens is 184 g/mol. The molecule has 0 spiro atoms. The highest BCUT2D eigenvalue weighted by Crippen LogP contribution is 2.17. The summed E-state index contributed by atoms with van der Waals surface area (Å²) in [4.78, 5) is 4.28. The number of benzene rings is 1. The summed E-state index contributed by atoms with van der Waals surface area (Å²) in [5.74, 6) is 0. The van der Waals surface area contributed by atoms with Crippen molar-refractivity contribution in [1.29, 1.82) is 5.26 Å². The molecule has 0 N–H and O–H groups in total. The van der Waals surface area contributed by atoms with E-state index in [0.717, 1.165) is 11.1 Å². The fraction of sp³-hybridized carbons (Fsp3) is 0.0769. The maximum Gasteiger partial charge on any atom is 0.0705 e. The van der Waals surface area contributed by atoms with Crippen molar-refractivity contribution in [2.75, 3.05) is 0 Å². The van der Waals surface area contributed by atoms with Crippen LogP contribution in [0, 0.1) is 11.3 Å². The van der Waals surface area contributed by atoms with Crippen molar-refractivity contribution in [3.63, 3.8) is 0 Å². The molecule has 1 aromatic heterocycles. The van der Waals surface area contributed by atoms with E-state index in [4.69, 9.17) is 5.26 Å². The van der Waals surface area contributed by atoms with Crippen LogP contribution in [0.25, 0.3) is 16.8 Å². The summed E-state index contributed by atoms with van der Waals surface area (Å²) in [6.45, 7) is 0. The van der Waals surface area contributed by atoms with Crippen LogP contribution in [0.1, 0.15) is 12.1 Å². The molecule has 0 unspecified atom stereocenters. The van der Waals surface area contributed by atoms with Gasteiger partial charge in [0.25, 0.3) is 0 Å². The van der Waals surface area contributed by atoms with Gasteiger partial charge in [0.15, 0.2) is 0 Å². The van der Waals surface area contributed by atoms with Crippen molar-refractivity contribution in [1.82, 2.24) is 4.98 Å². The van der Waals surface area contributed by atoms with Gasteiger partial charge in [0.1, 0.15) is 0 Å². The van der Waals surface area contributed by atoms with Gasteiger partial charge in [0, 0.05) is 11.6 Å². The summed E-state index contributed by atoms with van der Waals surface area (Å²) in [5, 5.41) is 10.7. The summed E-state index contributed by atoms with van der Waals surface area (Å²) < 4.78 is 0. The zero-order chi connectivity index (χ0) is 10.5. The van der Waals surface area contributed by atoms with Crippen molar-refractivity contribution in [3.05, 3.63) is 48.3 Å². The van der Waals surface area contributed by atoms with Crippen molar-refractivity contribution in [2.24, 2.45) is 0 Å². The number of hydrogen-bond donors (Lipinski definition) is 0. The second-order valence-corrected chi connectivity index (χ2v) is 3.18. The average Bonchev–Trinajstić information content (AvgIpc) is 2.30. The molecule has 0 bridgehead atoms. The SMILES string of the molecule is N#CCC=Cc1nccc2ccccc12. The second-order valence-electron chi connectivity index (χ2n) is 3.18. The smallest absolute Gasteiger partial charge is 0.0705 e. The molecular formula is C13H10N2. The van der Waals surface area contributed by atoms with Crippen LogP contribution in [0.2, 0.25) is 0 Å². The van der Waals surface area contributed by atoms with Crippen LogP contribution in [-0.2, 0) is 0 Å². The number of aromatic nitrogens is 1. The maximum atomic E-state index is 8.44. The van der Waals surface area contributed by atoms with Crippen molar-refractivity contribution >= 4 is 16.8 Å². The normalized spacial score (nSPS) is 10.6. The van der Waals surface area contributed by atoms with E-state index < -0.39 is 0 Å². The minimum Gasteiger partial charge on any atom is -0.256 e. The van der Waals surface area contributed by atoms with Gasteiger partial charge in [-0.2, -0.15) is 5.26 Å². The highest BCUT2D eigenvalue weighted by molar-refractivity contribution is 5.88. The average molecular weight is 194 g/mol. The Bertz CT molecular complexity index is 530. The highest BCUT2D eigenvalue weighted by Gasteiger charge is 1.96. The molecule has 2 rings (SSSR count). The van der Waals surface area contributed by atoms with Gasteiger partial charge in [-0.3, -0.25) is 4.98 Å². The molecule has 2 aromatic rings. The molecule has 0 aliphatic rings. The quantitative estimate of drug-likeness (QED) is 0.736. The lowest BCUT2D eigenvalue weighted by atomic mass is 10.1. The minimum atomic E-state index is 0.422. The summed E-state index contributed by atoms with van der Waals surface area (Å²) in [7, 11) is 0. The molecule has 2 heteroatoms. The molecule has 0 amide bonds. The number of allylic oxidation sites excluding steroid dienone is 1. The Labute approximate surface area is 88.5 Å². The standard InChI is InChI=1S/C13H10N2/c14-9-4-3-7-13-12-6-2-1-5-11(12)8-10-15-13/h1-3,5-8,10H,4H2. The van der Waals surface area contributed by atoms with Crippen LogP contribution in [0.5, 0.6) is 0 Å². The highest BCUT2D eigenvalue weighted by atomic mass is 14.7. The zero-order valence-electron chi connectivity index (χ0n) is 8.22. The van der Waals surface area contributed by atoms with Crippen molar-refractivity contribution in [2.45, 2.75) is 6.42 Å². The first-order chi connectivity index (χ1) is 7.42. The van der Waals surface area contributed by atoms with Gasteiger partial charge in [0.2, 0.25) is 0 Å². The van der Waals surface area contributed by atoms with E-state index >= 15 is 0 Å². The maximum absolute atomic E-state index is 8.44. The molecule has 0 aliphatic carbocycles. The number of nitrogens with zero attached hydrogens (tertiary/aromatic N) is 2. The minimum absolute atomic E-state index is 0.422. The van der Waals surface area contributed by atoms with Crippen LogP contribution in [0.15, 0.2) is 42.6 Å². The third-order valence-corrected chi connectivity index (χ3v) is 2.19. The van der Waals surface area contributed by atoms with Crippen LogP contribution in [0.3, 0.4) is 0 Å². The topological polar surface area (TPSA) is 36.7 Å². The number of pyridine rings is 1. The summed E-state index contributed by atoms with van der Waals surface area (Å²) >= 11 is 0. The number of nitriles is 1. The molecule has 0 saturated carbocycles. The van der Waals surface area contributed by atoms with Crippen molar-refractivity contribution in [3.8, 4) is 6.07 Å². The zero-order valence-corrected chi connectivity index (χ0v) is 8.22. The van der Waals surface area contributed by atoms with E-state index in [1.165, 1.54) is 5.39 Å². The van der Waals surface area contributed by atoms with Gasteiger partial charge in [-0.05, 0) is 17.5 Å². The first kappa shape index (κ1) is 9.42. The van der Waals surface area contributed by atoms with Crippen molar-refractivity contribution < 1.29 is 0 Å². The Kier molecular flexibility index (Phi) is 2.75. The van der Waals surface area contributed by atoms with E-state index in [1.807, 2.05) is 36.4 Å². The molecule has 0 radical (unpaired) electrons. The Morgan fingerprint density at radius 1 is 1.27 bits per heavy atom. The number of rotatable bonds is 2. The fourth-order valence-electron chi connectivity index (χ4n) is 1.50. The van der Waals surface area contributed by atoms with E-state index in [2.05, 4.69) is 17.1 Å². The Balaban J connectivity index is 2.48. The molecule has 1 heterocycles. The predicted molar refractivity (Wildman–Crippen MR) is 61.0 cm³/mol. The molecule has 1 aromatic carbocycles. The lowest BCUT2D eigenvalue weighted by Gasteiger charge is -1.99. The lowest BCUT2D eigenvalue weighted by Crippen LogP contribution is -1.82. The Hall–Kier alpha value is -2.14. The fourth-order valence-corrected chi connectivity index (χ4v) is 1.50. The first-order valence-corrected chi connectivity index (χ1v) is 4.79. The first-order valence-electron chi connectivity index (χ1n) is 4.79. The molecule has 72 valence electrons. The Morgan fingerprint density at radius 3 is 3.00 bits per heavy atom. The summed E-state index contributed by atoms with van der Waals surface area (Å²) in [6.07, 6.45) is 5.93. The number of hydrogen-bond acceptors (Lipinski definition) is 2. The van der Waals surface area contributed by atoms with Gasteiger partial charge >= 0.3 is 0 Å². The van der Waals surface area contributed by atoms with Gasteiger partial charge in [-0.15, -0.1) is 0 Å². The van der Waals surface area contributed by atoms with Crippen LogP contribution >= 0.6 is 0 Å². The van der Waals surface area contributed by atoms with Gasteiger partial charge in [0.05, 0.1) is 18.2 Å². The molecule has 0 fully saturated rings. The van der Waals surface area contributed by atoms with E-state index in [9.17, 15) is 0 Å². The molecule has 2 nitrogen and oxygen atoms in total. The predicted octanol–water partition coefficient (Wildman–Crippen LogP) is 3.16. The van der Waals surface area contributed by atoms with E-state index in [0.29, 0.717) is 6.42 Å². The van der Waals surface area contributed by atoms with Gasteiger partial charge < -0.3 is 0 Å². The largest absolute Gasteiger partial charge is 0.256 e. The second kappa shape index (κ2) is 4.39. The number of fused-ring (bicyclic) bond motifs is 1. The molecule has 0 aliphatic heterocycles. The van der Waals surface area contributed by atoms with Gasteiger partial charge in [-0.1, -0.05) is 30.3 Å². The van der Waals surface area contributed by atoms with Crippen LogP contribution < -0.4 is 0 Å². The molecule has 15 heavy (non-hydrogen) atoms. The van der Waals surface area contributed by atoms with Crippen LogP contribution in [-0.4, -0.2) is 4.98 Å². The van der Waals surface area contributed by atoms with Crippen LogP contribution in [0.4, 0.5) is 0 Å². The van der Waals surface area contributed by atoms with E-state index in [1.54, 1.807) is 6.20 Å². The molecule has 0 saturated heterocycles. The lowest BCUT2D eigenvalue weighted by molar-refractivity contribution is 1.31. The summed E-state index contributed by atoms with van der Waals surface area (Å²) in [6, 6.07) is 12.1. The third kappa shape index (κ3) is 2.03. The van der Waals surface area contributed by atoms with E-state index in [-0.39, 0.29) is 0 Å². The van der Waals surface area contributed by atoms with Gasteiger partial charge in [-0.25, -0.2) is 0 Å². The Morgan fingerprint density at radius 2 is 2.13 bits per heavy atom. The summed E-state index contributed by atoms with van der Waals surface area (Å²) in [5.41, 5.74) is 0.920. The molecule has 0 atom stereocenters. The third-order valence-electron chi connectivity index (χ3n) is 2.19. The monoisotopic (exact) mass is 194 g/mol.